The Balaban J connectivity index is 2.45. The highest BCUT2D eigenvalue weighted by molar-refractivity contribution is 6.22. The van der Waals surface area contributed by atoms with E-state index in [-0.39, 0.29) is 17.6 Å². The molecule has 2 aromatic rings. The maximum Gasteiger partial charge on any atom is 0.127 e. The standard InChI is InChI=1S/C16H19Cl2FN2/c1-3-21-13(8-12(2)20-21)9-16(10-17,11-18)14-6-4-5-7-15(14)19/h4-8H,3,9-11H2,1-2H3. The molecule has 0 fully saturated rings. The van der Waals surface area contributed by atoms with Crippen LogP contribution in [-0.2, 0) is 18.4 Å². The Morgan fingerprint density at radius 3 is 2.48 bits per heavy atom. The van der Waals surface area contributed by atoms with Crippen molar-refractivity contribution in [1.29, 1.82) is 0 Å². The van der Waals surface area contributed by atoms with Gasteiger partial charge in [-0.25, -0.2) is 4.39 Å². The molecule has 0 bridgehead atoms. The van der Waals surface area contributed by atoms with E-state index in [4.69, 9.17) is 23.2 Å². The van der Waals surface area contributed by atoms with Gasteiger partial charge in [-0.15, -0.1) is 23.2 Å². The minimum atomic E-state index is -0.631. The van der Waals surface area contributed by atoms with Crippen LogP contribution >= 0.6 is 23.2 Å². The van der Waals surface area contributed by atoms with Crippen LogP contribution in [0.2, 0.25) is 0 Å². The number of hydrogen-bond acceptors (Lipinski definition) is 1. The predicted octanol–water partition coefficient (Wildman–Crippen LogP) is 4.31. The van der Waals surface area contributed by atoms with Gasteiger partial charge in [0.15, 0.2) is 0 Å². The van der Waals surface area contributed by atoms with Gasteiger partial charge in [0.25, 0.3) is 0 Å². The van der Waals surface area contributed by atoms with E-state index in [9.17, 15) is 4.39 Å². The lowest BCUT2D eigenvalue weighted by Crippen LogP contribution is -2.35. The molecule has 0 spiro atoms. The minimum Gasteiger partial charge on any atom is -0.270 e. The van der Waals surface area contributed by atoms with E-state index in [0.717, 1.165) is 17.9 Å². The van der Waals surface area contributed by atoms with Crippen molar-refractivity contribution < 1.29 is 4.39 Å². The Bertz CT molecular complexity index is 606. The highest BCUT2D eigenvalue weighted by Crippen LogP contribution is 2.33. The second-order valence-electron chi connectivity index (χ2n) is 5.30. The van der Waals surface area contributed by atoms with Gasteiger partial charge >= 0.3 is 0 Å². The number of benzene rings is 1. The first-order chi connectivity index (χ1) is 10.1. The molecular formula is C16H19Cl2FN2. The number of hydrogen-bond donors (Lipinski definition) is 0. The second-order valence-corrected chi connectivity index (χ2v) is 5.83. The van der Waals surface area contributed by atoms with Crippen LogP contribution in [0.25, 0.3) is 0 Å². The molecule has 0 radical (unpaired) electrons. The number of alkyl halides is 2. The molecule has 0 aliphatic heterocycles. The molecule has 5 heteroatoms. The summed E-state index contributed by atoms with van der Waals surface area (Å²) in [5.41, 5.74) is 1.91. The van der Waals surface area contributed by atoms with Gasteiger partial charge in [-0.1, -0.05) is 18.2 Å². The number of rotatable bonds is 6. The first-order valence-corrected chi connectivity index (χ1v) is 8.03. The van der Waals surface area contributed by atoms with Gasteiger partial charge in [-0.05, 0) is 31.5 Å². The van der Waals surface area contributed by atoms with Gasteiger partial charge in [0, 0.05) is 35.8 Å². The molecule has 21 heavy (non-hydrogen) atoms. The maximum atomic E-state index is 14.2. The Labute approximate surface area is 134 Å². The molecule has 1 heterocycles. The van der Waals surface area contributed by atoms with Crippen LogP contribution in [0.1, 0.15) is 23.9 Å². The van der Waals surface area contributed by atoms with Crippen LogP contribution < -0.4 is 0 Å². The van der Waals surface area contributed by atoms with Crippen molar-refractivity contribution in [3.8, 4) is 0 Å². The summed E-state index contributed by atoms with van der Waals surface area (Å²) in [6.07, 6.45) is 0.565. The summed E-state index contributed by atoms with van der Waals surface area (Å²) >= 11 is 12.4. The van der Waals surface area contributed by atoms with E-state index in [1.807, 2.05) is 30.7 Å². The van der Waals surface area contributed by atoms with Crippen LogP contribution in [0, 0.1) is 12.7 Å². The third-order valence-electron chi connectivity index (χ3n) is 3.76. The number of aryl methyl sites for hydroxylation is 2. The molecule has 0 amide bonds. The monoisotopic (exact) mass is 328 g/mol. The Hall–Kier alpha value is -1.06. The Morgan fingerprint density at radius 2 is 1.90 bits per heavy atom. The summed E-state index contributed by atoms with van der Waals surface area (Å²) in [4.78, 5) is 0. The van der Waals surface area contributed by atoms with Gasteiger partial charge in [0.05, 0.1) is 5.69 Å². The molecule has 0 N–H and O–H groups in total. The molecule has 114 valence electrons. The summed E-state index contributed by atoms with van der Waals surface area (Å²) in [6.45, 7) is 4.74. The highest BCUT2D eigenvalue weighted by atomic mass is 35.5. The van der Waals surface area contributed by atoms with Crippen molar-refractivity contribution in [3.05, 3.63) is 53.1 Å². The smallest absolute Gasteiger partial charge is 0.127 e. The van der Waals surface area contributed by atoms with E-state index >= 15 is 0 Å². The van der Waals surface area contributed by atoms with Crippen molar-refractivity contribution in [2.75, 3.05) is 11.8 Å². The van der Waals surface area contributed by atoms with E-state index in [1.165, 1.54) is 6.07 Å². The zero-order valence-corrected chi connectivity index (χ0v) is 13.8. The summed E-state index contributed by atoms with van der Waals surface area (Å²) < 4.78 is 16.1. The molecule has 0 aliphatic carbocycles. The van der Waals surface area contributed by atoms with E-state index < -0.39 is 5.41 Å². The van der Waals surface area contributed by atoms with Gasteiger partial charge in [-0.3, -0.25) is 4.68 Å². The van der Waals surface area contributed by atoms with Crippen LogP contribution in [0.3, 0.4) is 0 Å². The van der Waals surface area contributed by atoms with Crippen LogP contribution in [0.5, 0.6) is 0 Å². The summed E-state index contributed by atoms with van der Waals surface area (Å²) in [5.74, 6) is 0.245. The van der Waals surface area contributed by atoms with Crippen molar-refractivity contribution in [2.24, 2.45) is 0 Å². The van der Waals surface area contributed by atoms with E-state index in [1.54, 1.807) is 12.1 Å². The summed E-state index contributed by atoms with van der Waals surface area (Å²) in [5, 5.41) is 4.43. The normalized spacial score (nSPS) is 11.9. The average molecular weight is 329 g/mol. The van der Waals surface area contributed by atoms with Crippen molar-refractivity contribution in [1.82, 2.24) is 9.78 Å². The Kier molecular flexibility index (Phi) is 5.28. The van der Waals surface area contributed by atoms with E-state index in [0.29, 0.717) is 12.0 Å². The van der Waals surface area contributed by atoms with Gasteiger partial charge in [0.1, 0.15) is 5.82 Å². The van der Waals surface area contributed by atoms with Crippen LogP contribution in [-0.4, -0.2) is 21.5 Å². The fourth-order valence-corrected chi connectivity index (χ4v) is 3.39. The third-order valence-corrected chi connectivity index (χ3v) is 4.78. The van der Waals surface area contributed by atoms with E-state index in [2.05, 4.69) is 5.10 Å². The average Bonchev–Trinajstić information content (AvgIpc) is 2.85. The predicted molar refractivity (Wildman–Crippen MR) is 85.9 cm³/mol. The fourth-order valence-electron chi connectivity index (χ4n) is 2.62. The topological polar surface area (TPSA) is 17.8 Å². The lowest BCUT2D eigenvalue weighted by Gasteiger charge is -2.30. The lowest BCUT2D eigenvalue weighted by atomic mass is 9.79. The zero-order chi connectivity index (χ0) is 15.5. The molecule has 2 nitrogen and oxygen atoms in total. The molecule has 0 atom stereocenters. The fraction of sp³-hybridized carbons (Fsp3) is 0.438. The maximum absolute atomic E-state index is 14.2. The van der Waals surface area contributed by atoms with Crippen molar-refractivity contribution in [2.45, 2.75) is 32.2 Å². The molecule has 0 aliphatic rings. The molecule has 1 aromatic carbocycles. The Morgan fingerprint density at radius 1 is 1.24 bits per heavy atom. The van der Waals surface area contributed by atoms with Crippen LogP contribution in [0.15, 0.2) is 30.3 Å². The number of aromatic nitrogens is 2. The molecule has 0 saturated carbocycles. The summed E-state index contributed by atoms with van der Waals surface area (Å²) in [7, 11) is 0. The van der Waals surface area contributed by atoms with Gasteiger partial charge in [0.2, 0.25) is 0 Å². The van der Waals surface area contributed by atoms with Crippen molar-refractivity contribution >= 4 is 23.2 Å². The van der Waals surface area contributed by atoms with Gasteiger partial charge < -0.3 is 0 Å². The number of halogens is 3. The molecule has 0 saturated heterocycles. The third kappa shape index (κ3) is 3.24. The van der Waals surface area contributed by atoms with Crippen molar-refractivity contribution in [3.63, 3.8) is 0 Å². The first kappa shape index (κ1) is 16.3. The SMILES string of the molecule is CCn1nc(C)cc1CC(CCl)(CCl)c1ccccc1F. The first-order valence-electron chi connectivity index (χ1n) is 6.96. The molecule has 2 rings (SSSR count). The largest absolute Gasteiger partial charge is 0.270 e. The molecule has 1 aromatic heterocycles. The highest BCUT2D eigenvalue weighted by Gasteiger charge is 2.34. The minimum absolute atomic E-state index is 0.255. The summed E-state index contributed by atoms with van der Waals surface area (Å²) in [6, 6.07) is 8.71. The zero-order valence-electron chi connectivity index (χ0n) is 12.2. The molecule has 0 unspecified atom stereocenters. The molecular weight excluding hydrogens is 310 g/mol. The second kappa shape index (κ2) is 6.80. The number of nitrogens with zero attached hydrogens (tertiary/aromatic N) is 2. The van der Waals surface area contributed by atoms with Gasteiger partial charge in [-0.2, -0.15) is 5.10 Å². The quantitative estimate of drug-likeness (QED) is 0.722. The lowest BCUT2D eigenvalue weighted by molar-refractivity contribution is 0.469. The van der Waals surface area contributed by atoms with Crippen LogP contribution in [0.4, 0.5) is 4.39 Å².